The van der Waals surface area contributed by atoms with Crippen LogP contribution < -0.4 is 11.1 Å². The van der Waals surface area contributed by atoms with E-state index in [0.29, 0.717) is 0 Å². The second kappa shape index (κ2) is 5.46. The number of imidazole rings is 1. The van der Waals surface area contributed by atoms with Crippen molar-refractivity contribution >= 4 is 23.0 Å². The van der Waals surface area contributed by atoms with E-state index in [4.69, 9.17) is 15.6 Å². The second-order valence-corrected chi connectivity index (χ2v) is 4.76. The first-order valence-electron chi connectivity index (χ1n) is 6.39. The molecule has 0 bridgehead atoms. The highest BCUT2D eigenvalue weighted by molar-refractivity contribution is 5.94. The minimum Gasteiger partial charge on any atom is -0.394 e. The average Bonchev–Trinajstić information content (AvgIpc) is 3.02. The summed E-state index contributed by atoms with van der Waals surface area (Å²) in [5.41, 5.74) is 5.57. The van der Waals surface area contributed by atoms with Gasteiger partial charge in [0.25, 0.3) is 0 Å². The third-order valence-electron chi connectivity index (χ3n) is 3.39. The number of nitrogens with zero attached hydrogens (tertiary/aromatic N) is 4. The highest BCUT2D eigenvalue weighted by Crippen LogP contribution is 2.31. The number of ether oxygens (including phenoxy) is 1. The van der Waals surface area contributed by atoms with E-state index in [1.165, 1.54) is 17.2 Å². The van der Waals surface area contributed by atoms with Crippen molar-refractivity contribution in [2.24, 2.45) is 5.73 Å². The van der Waals surface area contributed by atoms with Crippen LogP contribution in [-0.2, 0) is 4.74 Å². The maximum absolute atomic E-state index is 10.9. The summed E-state index contributed by atoms with van der Waals surface area (Å²) >= 11 is 0. The van der Waals surface area contributed by atoms with Gasteiger partial charge < -0.3 is 25.8 Å². The fourth-order valence-corrected chi connectivity index (χ4v) is 2.36. The molecule has 2 amide bonds. The first kappa shape index (κ1) is 14.6. The topological polar surface area (TPSA) is 169 Å². The van der Waals surface area contributed by atoms with Crippen molar-refractivity contribution in [3.63, 3.8) is 0 Å². The van der Waals surface area contributed by atoms with Crippen LogP contribution in [0.25, 0.3) is 11.2 Å². The van der Waals surface area contributed by atoms with Crippen LogP contribution in [0.4, 0.5) is 10.6 Å². The predicted octanol–water partition coefficient (Wildman–Crippen LogP) is -2.07. The summed E-state index contributed by atoms with van der Waals surface area (Å²) in [7, 11) is 0. The number of urea groups is 1. The van der Waals surface area contributed by atoms with Crippen molar-refractivity contribution < 1.29 is 24.9 Å². The third kappa shape index (κ3) is 2.25. The Bertz CT molecular complexity index is 705. The lowest BCUT2D eigenvalue weighted by Gasteiger charge is -2.16. The van der Waals surface area contributed by atoms with Crippen molar-refractivity contribution in [1.82, 2.24) is 19.5 Å². The summed E-state index contributed by atoms with van der Waals surface area (Å²) in [6.07, 6.45) is -1.88. The van der Waals surface area contributed by atoms with E-state index < -0.39 is 37.2 Å². The molecule has 0 aromatic carbocycles. The van der Waals surface area contributed by atoms with Gasteiger partial charge in [-0.1, -0.05) is 0 Å². The summed E-state index contributed by atoms with van der Waals surface area (Å²) in [6, 6.07) is -0.803. The van der Waals surface area contributed by atoms with Crippen LogP contribution in [0.5, 0.6) is 0 Å². The molecule has 1 aliphatic heterocycles. The fourth-order valence-electron chi connectivity index (χ4n) is 2.36. The van der Waals surface area contributed by atoms with Crippen molar-refractivity contribution in [1.29, 1.82) is 0 Å². The number of aliphatic hydroxyl groups is 3. The SMILES string of the molecule is NC(=O)Nc1ncnc2c1ncn2[C@@H]1O[C@H](CO)[C@@H](O)[C@H]1O. The van der Waals surface area contributed by atoms with Crippen LogP contribution >= 0.6 is 0 Å². The highest BCUT2D eigenvalue weighted by atomic mass is 16.6. The number of nitrogens with two attached hydrogens (primary N) is 1. The lowest BCUT2D eigenvalue weighted by atomic mass is 10.1. The van der Waals surface area contributed by atoms with Gasteiger partial charge >= 0.3 is 6.03 Å². The molecule has 3 heterocycles. The number of hydrogen-bond acceptors (Lipinski definition) is 8. The average molecular weight is 310 g/mol. The fraction of sp³-hybridized carbons (Fsp3) is 0.455. The Labute approximate surface area is 123 Å². The monoisotopic (exact) mass is 310 g/mol. The number of carbonyl (C=O) groups excluding carboxylic acids is 1. The van der Waals surface area contributed by atoms with Gasteiger partial charge in [0.2, 0.25) is 0 Å². The first-order chi connectivity index (χ1) is 10.5. The van der Waals surface area contributed by atoms with E-state index in [1.54, 1.807) is 0 Å². The molecule has 0 saturated carbocycles. The van der Waals surface area contributed by atoms with Crippen molar-refractivity contribution in [3.05, 3.63) is 12.7 Å². The van der Waals surface area contributed by atoms with Gasteiger partial charge in [-0.3, -0.25) is 9.88 Å². The van der Waals surface area contributed by atoms with Gasteiger partial charge in [0.1, 0.15) is 24.6 Å². The van der Waals surface area contributed by atoms with Gasteiger partial charge in [-0.2, -0.15) is 0 Å². The van der Waals surface area contributed by atoms with Crippen LogP contribution in [0.1, 0.15) is 6.23 Å². The summed E-state index contributed by atoms with van der Waals surface area (Å²) in [6.45, 7) is -0.440. The Balaban J connectivity index is 2.01. The molecule has 0 spiro atoms. The Morgan fingerprint density at radius 1 is 1.36 bits per heavy atom. The molecule has 0 aliphatic carbocycles. The Morgan fingerprint density at radius 2 is 2.14 bits per heavy atom. The van der Waals surface area contributed by atoms with Crippen LogP contribution in [0, 0.1) is 0 Å². The number of rotatable bonds is 3. The molecule has 0 radical (unpaired) electrons. The van der Waals surface area contributed by atoms with Gasteiger partial charge in [0.15, 0.2) is 23.2 Å². The summed E-state index contributed by atoms with van der Waals surface area (Å²) < 4.78 is 6.79. The van der Waals surface area contributed by atoms with E-state index in [1.807, 2.05) is 0 Å². The smallest absolute Gasteiger partial charge is 0.317 e. The van der Waals surface area contributed by atoms with Gasteiger partial charge in [-0.25, -0.2) is 19.7 Å². The maximum atomic E-state index is 10.9. The zero-order valence-corrected chi connectivity index (χ0v) is 11.2. The minimum absolute atomic E-state index is 0.114. The van der Waals surface area contributed by atoms with Gasteiger partial charge in [0.05, 0.1) is 12.9 Å². The van der Waals surface area contributed by atoms with Crippen molar-refractivity contribution in [3.8, 4) is 0 Å². The van der Waals surface area contributed by atoms with Gasteiger partial charge in [-0.05, 0) is 0 Å². The van der Waals surface area contributed by atoms with Crippen molar-refractivity contribution in [2.75, 3.05) is 11.9 Å². The first-order valence-corrected chi connectivity index (χ1v) is 6.39. The van der Waals surface area contributed by atoms with Gasteiger partial charge in [0, 0.05) is 0 Å². The number of nitrogens with one attached hydrogen (secondary N) is 1. The Hall–Kier alpha value is -2.34. The Kier molecular flexibility index (Phi) is 3.62. The molecule has 3 rings (SSSR count). The standard InChI is InChI=1S/C11H14N6O5/c12-11(21)16-8-5-9(14-2-13-8)17(3-15-5)10-7(20)6(19)4(1-18)22-10/h2-4,6-7,10,18-20H,1H2,(H3,12,13,14,16,21)/t4-,6-,7-,10-/m1/s1. The molecule has 4 atom stereocenters. The number of primary amides is 1. The summed E-state index contributed by atoms with van der Waals surface area (Å²) in [5.74, 6) is 0.114. The molecule has 1 saturated heterocycles. The molecule has 1 aliphatic rings. The molecule has 2 aromatic rings. The predicted molar refractivity (Wildman–Crippen MR) is 71.5 cm³/mol. The molecular formula is C11H14N6O5. The Morgan fingerprint density at radius 3 is 2.77 bits per heavy atom. The third-order valence-corrected chi connectivity index (χ3v) is 3.39. The van der Waals surface area contributed by atoms with Crippen LogP contribution in [-0.4, -0.2) is 65.8 Å². The summed E-state index contributed by atoms with van der Waals surface area (Å²) in [4.78, 5) is 22.9. The molecule has 0 unspecified atom stereocenters. The zero-order valence-electron chi connectivity index (χ0n) is 11.2. The van der Waals surface area contributed by atoms with Gasteiger partial charge in [-0.15, -0.1) is 0 Å². The minimum atomic E-state index is -1.27. The molecule has 1 fully saturated rings. The quantitative estimate of drug-likeness (QED) is 0.430. The van der Waals surface area contributed by atoms with E-state index in [9.17, 15) is 15.0 Å². The van der Waals surface area contributed by atoms with E-state index >= 15 is 0 Å². The number of amides is 2. The molecule has 2 aromatic heterocycles. The molecular weight excluding hydrogens is 296 g/mol. The zero-order chi connectivity index (χ0) is 15.9. The van der Waals surface area contributed by atoms with Crippen LogP contribution in [0.3, 0.4) is 0 Å². The number of fused-ring (bicyclic) bond motifs is 1. The lowest BCUT2D eigenvalue weighted by Crippen LogP contribution is -2.33. The molecule has 118 valence electrons. The number of aliphatic hydroxyl groups excluding tert-OH is 3. The maximum Gasteiger partial charge on any atom is 0.317 e. The molecule has 22 heavy (non-hydrogen) atoms. The van der Waals surface area contributed by atoms with E-state index in [0.717, 1.165) is 0 Å². The largest absolute Gasteiger partial charge is 0.394 e. The number of hydrogen-bond donors (Lipinski definition) is 5. The van der Waals surface area contributed by atoms with E-state index in [2.05, 4.69) is 20.3 Å². The second-order valence-electron chi connectivity index (χ2n) is 4.76. The normalized spacial score (nSPS) is 28.1. The number of aromatic nitrogens is 4. The number of carbonyl (C=O) groups is 1. The van der Waals surface area contributed by atoms with Crippen LogP contribution in [0.2, 0.25) is 0 Å². The van der Waals surface area contributed by atoms with E-state index in [-0.39, 0.29) is 17.0 Å². The molecule has 6 N–H and O–H groups in total. The van der Waals surface area contributed by atoms with Crippen LogP contribution in [0.15, 0.2) is 12.7 Å². The van der Waals surface area contributed by atoms with Crippen molar-refractivity contribution in [2.45, 2.75) is 24.5 Å². The molecule has 11 heteroatoms. The summed E-state index contributed by atoms with van der Waals surface area (Å²) in [5, 5.41) is 31.3. The molecule has 11 nitrogen and oxygen atoms in total. The number of anilines is 1. The lowest BCUT2D eigenvalue weighted by molar-refractivity contribution is -0.0511. The highest BCUT2D eigenvalue weighted by Gasteiger charge is 2.44.